The first-order valence-corrected chi connectivity index (χ1v) is 6.06. The Morgan fingerprint density at radius 1 is 0.667 bits per heavy atom. The van der Waals surface area contributed by atoms with E-state index in [1.165, 1.54) is 11.1 Å². The Hall–Kier alpha value is -2.10. The third-order valence-electron chi connectivity index (χ3n) is 3.14. The summed E-state index contributed by atoms with van der Waals surface area (Å²) in [5.74, 6) is 0. The van der Waals surface area contributed by atoms with Crippen LogP contribution >= 0.6 is 0 Å². The van der Waals surface area contributed by atoms with Gasteiger partial charge in [-0.05, 0) is 11.1 Å². The lowest BCUT2D eigenvalue weighted by Gasteiger charge is -2.15. The van der Waals surface area contributed by atoms with Gasteiger partial charge in [0.2, 0.25) is 0 Å². The van der Waals surface area contributed by atoms with Crippen molar-refractivity contribution in [2.45, 2.75) is 12.1 Å². The van der Waals surface area contributed by atoms with Crippen LogP contribution in [0.5, 0.6) is 0 Å². The molecule has 2 unspecified atom stereocenters. The fourth-order valence-corrected chi connectivity index (χ4v) is 2.12. The van der Waals surface area contributed by atoms with Gasteiger partial charge in [-0.2, -0.15) is 0 Å². The maximum absolute atomic E-state index is 4.41. The van der Waals surface area contributed by atoms with Gasteiger partial charge in [0, 0.05) is 24.9 Å². The highest BCUT2D eigenvalue weighted by Crippen LogP contribution is 2.23. The molecule has 0 radical (unpaired) electrons. The predicted molar refractivity (Wildman–Crippen MR) is 75.6 cm³/mol. The van der Waals surface area contributed by atoms with Crippen molar-refractivity contribution in [1.29, 1.82) is 0 Å². The normalized spacial score (nSPS) is 25.6. The number of hydrogen-bond donors (Lipinski definition) is 0. The van der Waals surface area contributed by atoms with Gasteiger partial charge in [0.05, 0.1) is 25.2 Å². The van der Waals surface area contributed by atoms with Gasteiger partial charge in [-0.15, -0.1) is 0 Å². The van der Waals surface area contributed by atoms with Crippen LogP contribution < -0.4 is 0 Å². The van der Waals surface area contributed by atoms with Gasteiger partial charge in [-0.3, -0.25) is 20.0 Å². The highest BCUT2D eigenvalue weighted by Gasteiger charge is 2.13. The van der Waals surface area contributed by atoms with Gasteiger partial charge in [-0.1, -0.05) is 24.3 Å². The molecule has 4 nitrogen and oxygen atoms in total. The second-order valence-electron chi connectivity index (χ2n) is 4.32. The fraction of sp³-hybridized carbons (Fsp3) is 0.286. The lowest BCUT2D eigenvalue weighted by Crippen LogP contribution is -2.07. The van der Waals surface area contributed by atoms with Crippen molar-refractivity contribution in [3.63, 3.8) is 0 Å². The van der Waals surface area contributed by atoms with Crippen LogP contribution in [0.1, 0.15) is 23.2 Å². The van der Waals surface area contributed by atoms with E-state index in [0.29, 0.717) is 0 Å². The minimum Gasteiger partial charge on any atom is -0.289 e. The number of aliphatic imine (C=N–C) groups is 4. The summed E-state index contributed by atoms with van der Waals surface area (Å²) < 4.78 is 0. The standard InChI is InChI=1S/C14H14N4/c1-2-12(14-10-16-6-8-18-14)4-3-11(1)13-9-15-5-7-17-13/h1-8,13-14H,9-10H2. The van der Waals surface area contributed by atoms with E-state index in [0.717, 1.165) is 13.1 Å². The van der Waals surface area contributed by atoms with Crippen molar-refractivity contribution < 1.29 is 0 Å². The first-order chi connectivity index (χ1) is 8.93. The zero-order chi connectivity index (χ0) is 12.2. The molecule has 1 aromatic rings. The fourth-order valence-electron chi connectivity index (χ4n) is 2.12. The zero-order valence-corrected chi connectivity index (χ0v) is 9.98. The Bertz CT molecular complexity index is 476. The molecule has 0 aromatic heterocycles. The monoisotopic (exact) mass is 238 g/mol. The van der Waals surface area contributed by atoms with Crippen molar-refractivity contribution >= 4 is 24.9 Å². The Kier molecular flexibility index (Phi) is 3.08. The van der Waals surface area contributed by atoms with E-state index >= 15 is 0 Å². The van der Waals surface area contributed by atoms with Gasteiger partial charge in [0.1, 0.15) is 0 Å². The summed E-state index contributed by atoms with van der Waals surface area (Å²) >= 11 is 0. The second kappa shape index (κ2) is 5.04. The number of nitrogens with zero attached hydrogens (tertiary/aromatic N) is 4. The number of hydrogen-bond acceptors (Lipinski definition) is 4. The van der Waals surface area contributed by atoms with Crippen molar-refractivity contribution in [3.05, 3.63) is 35.4 Å². The average Bonchev–Trinajstić information content (AvgIpc) is 2.49. The Balaban J connectivity index is 1.76. The molecule has 3 rings (SSSR count). The molecular formula is C14H14N4. The first kappa shape index (κ1) is 11.0. The molecule has 0 amide bonds. The molecule has 18 heavy (non-hydrogen) atoms. The smallest absolute Gasteiger partial charge is 0.0944 e. The maximum Gasteiger partial charge on any atom is 0.0944 e. The van der Waals surface area contributed by atoms with Crippen LogP contribution in [0.2, 0.25) is 0 Å². The molecule has 0 saturated heterocycles. The maximum atomic E-state index is 4.41. The van der Waals surface area contributed by atoms with Crippen molar-refractivity contribution in [3.8, 4) is 0 Å². The lowest BCUT2D eigenvalue weighted by molar-refractivity contribution is 0.727. The van der Waals surface area contributed by atoms with E-state index in [4.69, 9.17) is 0 Å². The zero-order valence-electron chi connectivity index (χ0n) is 9.98. The SMILES string of the molecule is C1=NCC(c2ccc(C3CN=CC=N3)cc2)N=C1. The van der Waals surface area contributed by atoms with Gasteiger partial charge in [0.25, 0.3) is 0 Å². The van der Waals surface area contributed by atoms with Crippen molar-refractivity contribution in [2.75, 3.05) is 13.1 Å². The van der Waals surface area contributed by atoms with E-state index in [9.17, 15) is 0 Å². The molecule has 0 spiro atoms. The van der Waals surface area contributed by atoms with Gasteiger partial charge < -0.3 is 0 Å². The van der Waals surface area contributed by atoms with Crippen molar-refractivity contribution in [2.24, 2.45) is 20.0 Å². The van der Waals surface area contributed by atoms with Crippen LogP contribution in [0.15, 0.2) is 44.2 Å². The van der Waals surface area contributed by atoms with Crippen LogP contribution in [-0.4, -0.2) is 37.9 Å². The third kappa shape index (κ3) is 2.27. The van der Waals surface area contributed by atoms with E-state index in [2.05, 4.69) is 44.2 Å². The largest absolute Gasteiger partial charge is 0.289 e. The first-order valence-electron chi connectivity index (χ1n) is 6.06. The Morgan fingerprint density at radius 2 is 1.11 bits per heavy atom. The summed E-state index contributed by atoms with van der Waals surface area (Å²) in [6.45, 7) is 1.48. The molecule has 0 saturated carbocycles. The Labute approximate surface area is 106 Å². The van der Waals surface area contributed by atoms with Crippen molar-refractivity contribution in [1.82, 2.24) is 0 Å². The van der Waals surface area contributed by atoms with Crippen LogP contribution in [0.4, 0.5) is 0 Å². The summed E-state index contributed by atoms with van der Waals surface area (Å²) in [6, 6.07) is 8.80. The molecule has 2 aliphatic rings. The summed E-state index contributed by atoms with van der Waals surface area (Å²) in [5.41, 5.74) is 2.41. The minimum absolute atomic E-state index is 0.164. The van der Waals surface area contributed by atoms with E-state index in [1.54, 1.807) is 24.9 Å². The average molecular weight is 238 g/mol. The highest BCUT2D eigenvalue weighted by molar-refractivity contribution is 6.16. The van der Waals surface area contributed by atoms with Gasteiger partial charge >= 0.3 is 0 Å². The molecule has 2 heterocycles. The minimum atomic E-state index is 0.164. The summed E-state index contributed by atoms with van der Waals surface area (Å²) in [4.78, 5) is 17.3. The van der Waals surface area contributed by atoms with Crippen LogP contribution in [0, 0.1) is 0 Å². The number of rotatable bonds is 2. The molecule has 0 N–H and O–H groups in total. The van der Waals surface area contributed by atoms with Gasteiger partial charge in [-0.25, -0.2) is 0 Å². The summed E-state index contributed by atoms with van der Waals surface area (Å²) in [5, 5.41) is 0. The van der Waals surface area contributed by atoms with E-state index in [-0.39, 0.29) is 12.1 Å². The lowest BCUT2D eigenvalue weighted by atomic mass is 10.0. The second-order valence-corrected chi connectivity index (χ2v) is 4.32. The third-order valence-corrected chi connectivity index (χ3v) is 3.14. The van der Waals surface area contributed by atoms with Crippen LogP contribution in [0.3, 0.4) is 0 Å². The molecule has 0 fully saturated rings. The Morgan fingerprint density at radius 3 is 1.44 bits per heavy atom. The molecular weight excluding hydrogens is 224 g/mol. The van der Waals surface area contributed by atoms with E-state index in [1.807, 2.05) is 0 Å². The quantitative estimate of drug-likeness (QED) is 0.757. The summed E-state index contributed by atoms with van der Waals surface area (Å²) in [7, 11) is 0. The van der Waals surface area contributed by atoms with Crippen LogP contribution in [0.25, 0.3) is 0 Å². The number of benzene rings is 1. The molecule has 0 aliphatic carbocycles. The highest BCUT2D eigenvalue weighted by atomic mass is 14.9. The van der Waals surface area contributed by atoms with Gasteiger partial charge in [0.15, 0.2) is 0 Å². The molecule has 2 atom stereocenters. The molecule has 4 heteroatoms. The molecule has 1 aromatic carbocycles. The van der Waals surface area contributed by atoms with Crippen LogP contribution in [-0.2, 0) is 0 Å². The van der Waals surface area contributed by atoms with E-state index < -0.39 is 0 Å². The molecule has 2 aliphatic heterocycles. The summed E-state index contributed by atoms with van der Waals surface area (Å²) in [6.07, 6.45) is 7.03. The topological polar surface area (TPSA) is 49.4 Å². The molecule has 0 bridgehead atoms. The molecule has 90 valence electrons. The predicted octanol–water partition coefficient (Wildman–Crippen LogP) is 2.08.